The van der Waals surface area contributed by atoms with Crippen LogP contribution in [0.3, 0.4) is 0 Å². The molecule has 3 unspecified atom stereocenters. The van der Waals surface area contributed by atoms with Crippen molar-refractivity contribution in [1.29, 1.82) is 0 Å². The van der Waals surface area contributed by atoms with Crippen molar-refractivity contribution in [2.45, 2.75) is 72.1 Å². The number of fused-ring (bicyclic) bond motifs is 5. The Balaban J connectivity index is 1.67. The van der Waals surface area contributed by atoms with E-state index in [9.17, 15) is 4.79 Å². The van der Waals surface area contributed by atoms with Crippen LogP contribution < -0.4 is 0 Å². The zero-order valence-electron chi connectivity index (χ0n) is 15.0. The summed E-state index contributed by atoms with van der Waals surface area (Å²) in [6.07, 6.45) is 12.2. The first-order valence-corrected chi connectivity index (χ1v) is 9.69. The van der Waals surface area contributed by atoms with Gasteiger partial charge in [0.15, 0.2) is 0 Å². The molecule has 123 valence electrons. The molecule has 0 bridgehead atoms. The summed E-state index contributed by atoms with van der Waals surface area (Å²) in [4.78, 5) is 12.2. The van der Waals surface area contributed by atoms with E-state index in [2.05, 4.69) is 19.9 Å². The van der Waals surface area contributed by atoms with E-state index in [1.807, 2.05) is 6.92 Å². The monoisotopic (exact) mass is 309 g/mol. The van der Waals surface area contributed by atoms with Crippen molar-refractivity contribution in [2.24, 2.45) is 34.5 Å². The molecule has 0 N–H and O–H groups in total. The number of carbonyl (C=O) groups excluding carboxylic acids is 1. The van der Waals surface area contributed by atoms with Gasteiger partial charge in [0, 0.05) is 0 Å². The number of hydrogen-bond acceptors (Lipinski definition) is 1. The maximum absolute atomic E-state index is 12.2. The molecule has 1 nitrogen and oxygen atoms in total. The van der Waals surface area contributed by atoms with Crippen molar-refractivity contribution < 1.29 is 4.79 Å². The Morgan fingerprint density at radius 3 is 2.61 bits per heavy atom. The zero-order valence-corrected chi connectivity index (χ0v) is 15.0. The van der Waals surface area contributed by atoms with E-state index in [0.717, 1.165) is 36.1 Å². The molecule has 0 aromatic rings. The number of hydrogen-bond donors (Lipinski definition) is 0. The van der Waals surface area contributed by atoms with Gasteiger partial charge in [0.25, 0.3) is 0 Å². The summed E-state index contributed by atoms with van der Waals surface area (Å²) in [5, 5.41) is 0. The van der Waals surface area contributed by atoms with E-state index >= 15 is 0 Å². The molecule has 0 saturated heterocycles. The molecule has 3 saturated carbocycles. The summed E-state index contributed by atoms with van der Waals surface area (Å²) in [7, 11) is 6.13. The van der Waals surface area contributed by atoms with Gasteiger partial charge in [0.2, 0.25) is 0 Å². The second-order valence-corrected chi connectivity index (χ2v) is 9.36. The number of ketones is 1. The molecule has 1 radical (unpaired) electrons. The normalized spacial score (nSPS) is 49.0. The fraction of sp³-hybridized carbons (Fsp3) is 0.810. The first kappa shape index (κ1) is 15.8. The van der Waals surface area contributed by atoms with Crippen LogP contribution in [-0.2, 0) is 4.79 Å². The summed E-state index contributed by atoms with van der Waals surface area (Å²) in [5.74, 6) is 3.19. The first-order valence-electron chi connectivity index (χ1n) is 9.69. The summed E-state index contributed by atoms with van der Waals surface area (Å²) in [6, 6.07) is 0. The van der Waals surface area contributed by atoms with Gasteiger partial charge >= 0.3 is 142 Å². The molecular weight excluding hydrogens is 279 g/mol. The molecule has 4 aliphatic carbocycles. The third-order valence-corrected chi connectivity index (χ3v) is 8.52. The van der Waals surface area contributed by atoms with E-state index in [0.29, 0.717) is 17.1 Å². The second-order valence-electron chi connectivity index (χ2n) is 9.36. The van der Waals surface area contributed by atoms with E-state index in [4.69, 9.17) is 7.49 Å². The molecule has 0 aliphatic heterocycles. The van der Waals surface area contributed by atoms with Crippen molar-refractivity contribution in [3.63, 3.8) is 0 Å². The molecule has 0 aromatic heterocycles. The molecule has 3 fully saturated rings. The van der Waals surface area contributed by atoms with Crippen LogP contribution in [0.2, 0.25) is 0 Å². The Hall–Kier alpha value is -0.655. The van der Waals surface area contributed by atoms with Gasteiger partial charge in [-0.25, -0.2) is 0 Å². The van der Waals surface area contributed by atoms with E-state index in [-0.39, 0.29) is 5.41 Å². The molecular formula is C21H30BO. The van der Waals surface area contributed by atoms with Crippen LogP contribution >= 0.6 is 0 Å². The SMILES string of the molecule is [B]=C1C=C2CCC3C(CC[C@@]4(C)C3CC[C@@H]4C(C)=O)[C@@]2(C)CC1. The van der Waals surface area contributed by atoms with Crippen LogP contribution in [0.5, 0.6) is 0 Å². The number of carbonyl (C=O) groups is 1. The summed E-state index contributed by atoms with van der Waals surface area (Å²) in [5.41, 5.74) is 3.38. The molecule has 0 amide bonds. The third-order valence-electron chi connectivity index (χ3n) is 8.52. The minimum atomic E-state index is 0.282. The summed E-state index contributed by atoms with van der Waals surface area (Å²) >= 11 is 0. The molecule has 0 spiro atoms. The van der Waals surface area contributed by atoms with Gasteiger partial charge in [-0.05, 0) is 0 Å². The maximum atomic E-state index is 12.2. The number of allylic oxidation sites excluding steroid dienone is 2. The van der Waals surface area contributed by atoms with Crippen molar-refractivity contribution in [1.82, 2.24) is 0 Å². The van der Waals surface area contributed by atoms with E-state index in [1.54, 1.807) is 5.57 Å². The van der Waals surface area contributed by atoms with Crippen LogP contribution in [0.4, 0.5) is 0 Å². The van der Waals surface area contributed by atoms with Gasteiger partial charge < -0.3 is 0 Å². The molecule has 4 aliphatic rings. The van der Waals surface area contributed by atoms with Crippen LogP contribution in [0.25, 0.3) is 0 Å². The van der Waals surface area contributed by atoms with Crippen molar-refractivity contribution in [3.05, 3.63) is 11.6 Å². The van der Waals surface area contributed by atoms with Gasteiger partial charge in [-0.1, -0.05) is 0 Å². The fourth-order valence-electron chi connectivity index (χ4n) is 7.28. The van der Waals surface area contributed by atoms with Crippen LogP contribution in [0.1, 0.15) is 72.1 Å². The number of rotatable bonds is 1. The topological polar surface area (TPSA) is 17.1 Å². The molecule has 0 heterocycles. The molecule has 6 atom stereocenters. The zero-order chi connectivity index (χ0) is 16.4. The standard InChI is InChI=1S/C21H30BO/c1-13(23)17-6-7-18-16-5-4-14-12-15(22)8-10-20(14,2)19(16)9-11-21(17,18)3/h12,16-19H,4-11H2,1-3H3/t16?,17-,18?,19?,20+,21-/m1/s1. The van der Waals surface area contributed by atoms with Crippen molar-refractivity contribution in [3.8, 4) is 0 Å². The van der Waals surface area contributed by atoms with Crippen LogP contribution in [-0.4, -0.2) is 18.7 Å². The Bertz CT molecular complexity index is 591. The van der Waals surface area contributed by atoms with Gasteiger partial charge in [-0.15, -0.1) is 0 Å². The number of Topliss-reactive ketones (excluding diaryl/α,β-unsaturated/α-hetero) is 1. The molecule has 0 aromatic carbocycles. The van der Waals surface area contributed by atoms with Crippen molar-refractivity contribution >= 4 is 18.7 Å². The molecule has 4 rings (SSSR count). The van der Waals surface area contributed by atoms with Crippen LogP contribution in [0, 0.1) is 34.5 Å². The van der Waals surface area contributed by atoms with Crippen LogP contribution in [0.15, 0.2) is 11.6 Å². The molecule has 2 heteroatoms. The second kappa shape index (κ2) is 5.17. The summed E-state index contributed by atoms with van der Waals surface area (Å²) in [6.45, 7) is 6.78. The predicted octanol–water partition coefficient (Wildman–Crippen LogP) is 4.50. The van der Waals surface area contributed by atoms with Crippen molar-refractivity contribution in [2.75, 3.05) is 0 Å². The Kier molecular flexibility index (Phi) is 3.56. The Morgan fingerprint density at radius 2 is 1.87 bits per heavy atom. The van der Waals surface area contributed by atoms with Gasteiger partial charge in [-0.3, -0.25) is 0 Å². The van der Waals surface area contributed by atoms with Gasteiger partial charge in [0.1, 0.15) is 0 Å². The minimum absolute atomic E-state index is 0.282. The van der Waals surface area contributed by atoms with E-state index < -0.39 is 0 Å². The first-order chi connectivity index (χ1) is 10.9. The van der Waals surface area contributed by atoms with Gasteiger partial charge in [-0.2, -0.15) is 0 Å². The third kappa shape index (κ3) is 2.12. The fourth-order valence-corrected chi connectivity index (χ4v) is 7.28. The predicted molar refractivity (Wildman–Crippen MR) is 96.6 cm³/mol. The van der Waals surface area contributed by atoms with E-state index in [1.165, 1.54) is 38.5 Å². The van der Waals surface area contributed by atoms with Gasteiger partial charge in [0.05, 0.1) is 0 Å². The average molecular weight is 309 g/mol. The Labute approximate surface area is 142 Å². The Morgan fingerprint density at radius 1 is 1.09 bits per heavy atom. The summed E-state index contributed by atoms with van der Waals surface area (Å²) < 4.78 is 0. The molecule has 23 heavy (non-hydrogen) atoms. The average Bonchev–Trinajstić information content (AvgIpc) is 2.85. The quantitative estimate of drug-likeness (QED) is 0.652.